The summed E-state index contributed by atoms with van der Waals surface area (Å²) < 4.78 is 11.1. The van der Waals surface area contributed by atoms with Crippen LogP contribution in [0.2, 0.25) is 0 Å². The van der Waals surface area contributed by atoms with Gasteiger partial charge in [-0.05, 0) is 38.8 Å². The smallest absolute Gasteiger partial charge is 0.125 e. The van der Waals surface area contributed by atoms with Crippen LogP contribution in [-0.2, 0) is 4.74 Å². The normalized spacial score (nSPS) is 12.7. The maximum Gasteiger partial charge on any atom is 0.125 e. The number of hydrogen-bond donors (Lipinski definition) is 2. The fraction of sp³-hybridized carbons (Fsp3) is 0.625. The van der Waals surface area contributed by atoms with Gasteiger partial charge in [0, 0.05) is 13.1 Å². The van der Waals surface area contributed by atoms with Gasteiger partial charge in [-0.1, -0.05) is 18.2 Å². The van der Waals surface area contributed by atoms with E-state index in [0.29, 0.717) is 19.8 Å². The maximum atomic E-state index is 9.87. The Balaban J connectivity index is 2.21. The number of aliphatic hydroxyl groups excluding tert-OH is 1. The van der Waals surface area contributed by atoms with Gasteiger partial charge in [-0.2, -0.15) is 0 Å². The van der Waals surface area contributed by atoms with E-state index in [0.717, 1.165) is 23.4 Å². The zero-order valence-electron chi connectivity index (χ0n) is 13.0. The second-order valence-electron chi connectivity index (χ2n) is 5.31. The van der Waals surface area contributed by atoms with Gasteiger partial charge in [-0.3, -0.25) is 0 Å². The fourth-order valence-corrected chi connectivity index (χ4v) is 1.90. The molecule has 1 aromatic rings. The number of rotatable bonds is 9. The molecule has 4 heteroatoms. The standard InChI is InChI=1S/C16H27NO3/c1-12(2)19-9-8-17-10-15(18)11-20-16-13(3)6-5-7-14(16)4/h5-7,12,15,17-18H,8-11H2,1-4H3. The lowest BCUT2D eigenvalue weighted by Gasteiger charge is -2.16. The van der Waals surface area contributed by atoms with Crippen LogP contribution >= 0.6 is 0 Å². The van der Waals surface area contributed by atoms with Gasteiger partial charge >= 0.3 is 0 Å². The highest BCUT2D eigenvalue weighted by Crippen LogP contribution is 2.22. The van der Waals surface area contributed by atoms with Crippen LogP contribution in [0.3, 0.4) is 0 Å². The van der Waals surface area contributed by atoms with Crippen molar-refractivity contribution in [2.75, 3.05) is 26.3 Å². The summed E-state index contributed by atoms with van der Waals surface area (Å²) in [7, 11) is 0. The van der Waals surface area contributed by atoms with Crippen LogP contribution in [0.15, 0.2) is 18.2 Å². The second-order valence-corrected chi connectivity index (χ2v) is 5.31. The molecule has 0 saturated carbocycles. The Morgan fingerprint density at radius 3 is 2.45 bits per heavy atom. The van der Waals surface area contributed by atoms with Crippen molar-refractivity contribution in [1.82, 2.24) is 5.32 Å². The first-order chi connectivity index (χ1) is 9.50. The second kappa shape index (κ2) is 8.95. The van der Waals surface area contributed by atoms with Crippen molar-refractivity contribution in [2.24, 2.45) is 0 Å². The van der Waals surface area contributed by atoms with Crippen molar-refractivity contribution < 1.29 is 14.6 Å². The van der Waals surface area contributed by atoms with E-state index in [1.165, 1.54) is 0 Å². The summed E-state index contributed by atoms with van der Waals surface area (Å²) in [5.74, 6) is 0.870. The van der Waals surface area contributed by atoms with E-state index in [4.69, 9.17) is 9.47 Å². The molecule has 0 aliphatic rings. The summed E-state index contributed by atoms with van der Waals surface area (Å²) in [5.41, 5.74) is 2.19. The Labute approximate surface area is 122 Å². The number of para-hydroxylation sites is 1. The van der Waals surface area contributed by atoms with Crippen molar-refractivity contribution in [2.45, 2.75) is 39.9 Å². The third kappa shape index (κ3) is 6.37. The topological polar surface area (TPSA) is 50.7 Å². The molecule has 1 aromatic carbocycles. The molecule has 1 rings (SSSR count). The van der Waals surface area contributed by atoms with Crippen LogP contribution < -0.4 is 10.1 Å². The molecule has 0 amide bonds. The molecule has 1 unspecified atom stereocenters. The molecule has 0 bridgehead atoms. The minimum atomic E-state index is -0.520. The summed E-state index contributed by atoms with van der Waals surface area (Å²) in [5, 5.41) is 13.0. The third-order valence-corrected chi connectivity index (χ3v) is 2.94. The Hall–Kier alpha value is -1.10. The van der Waals surface area contributed by atoms with E-state index in [1.54, 1.807) is 0 Å². The molecule has 0 heterocycles. The Morgan fingerprint density at radius 1 is 1.20 bits per heavy atom. The molecule has 0 fully saturated rings. The van der Waals surface area contributed by atoms with Crippen LogP contribution in [0.4, 0.5) is 0 Å². The van der Waals surface area contributed by atoms with E-state index < -0.39 is 6.10 Å². The first-order valence-corrected chi connectivity index (χ1v) is 7.20. The van der Waals surface area contributed by atoms with Crippen molar-refractivity contribution in [1.29, 1.82) is 0 Å². The maximum absolute atomic E-state index is 9.87. The number of benzene rings is 1. The van der Waals surface area contributed by atoms with Gasteiger partial charge in [-0.15, -0.1) is 0 Å². The average molecular weight is 281 g/mol. The van der Waals surface area contributed by atoms with E-state index in [1.807, 2.05) is 45.9 Å². The molecule has 0 aliphatic carbocycles. The molecule has 0 spiro atoms. The number of aryl methyl sites for hydroxylation is 2. The van der Waals surface area contributed by atoms with Gasteiger partial charge in [0.1, 0.15) is 18.5 Å². The minimum absolute atomic E-state index is 0.245. The van der Waals surface area contributed by atoms with Crippen molar-refractivity contribution in [3.05, 3.63) is 29.3 Å². The monoisotopic (exact) mass is 281 g/mol. The van der Waals surface area contributed by atoms with Gasteiger partial charge in [0.15, 0.2) is 0 Å². The molecule has 20 heavy (non-hydrogen) atoms. The number of hydrogen-bond acceptors (Lipinski definition) is 4. The Bertz CT molecular complexity index is 373. The quantitative estimate of drug-likeness (QED) is 0.680. The summed E-state index contributed by atoms with van der Waals surface area (Å²) in [6, 6.07) is 6.02. The van der Waals surface area contributed by atoms with Crippen LogP contribution in [0, 0.1) is 13.8 Å². The van der Waals surface area contributed by atoms with Crippen LogP contribution in [-0.4, -0.2) is 43.6 Å². The fourth-order valence-electron chi connectivity index (χ4n) is 1.90. The molecule has 2 N–H and O–H groups in total. The van der Waals surface area contributed by atoms with E-state index >= 15 is 0 Å². The minimum Gasteiger partial charge on any atom is -0.490 e. The Morgan fingerprint density at radius 2 is 1.85 bits per heavy atom. The van der Waals surface area contributed by atoms with Gasteiger partial charge < -0.3 is 19.9 Å². The predicted octanol–water partition coefficient (Wildman–Crippen LogP) is 2.06. The lowest BCUT2D eigenvalue weighted by molar-refractivity contribution is 0.0734. The van der Waals surface area contributed by atoms with E-state index in [2.05, 4.69) is 5.32 Å². The SMILES string of the molecule is Cc1cccc(C)c1OCC(O)CNCCOC(C)C. The van der Waals surface area contributed by atoms with E-state index in [-0.39, 0.29) is 6.10 Å². The highest BCUT2D eigenvalue weighted by molar-refractivity contribution is 5.39. The number of nitrogens with one attached hydrogen (secondary N) is 1. The molecular weight excluding hydrogens is 254 g/mol. The summed E-state index contributed by atoms with van der Waals surface area (Å²) in [6.07, 6.45) is -0.276. The largest absolute Gasteiger partial charge is 0.490 e. The average Bonchev–Trinajstić information content (AvgIpc) is 2.37. The van der Waals surface area contributed by atoms with Gasteiger partial charge in [0.05, 0.1) is 12.7 Å². The van der Waals surface area contributed by atoms with Crippen LogP contribution in [0.5, 0.6) is 5.75 Å². The first kappa shape index (κ1) is 17.0. The molecule has 0 radical (unpaired) electrons. The highest BCUT2D eigenvalue weighted by Gasteiger charge is 2.08. The van der Waals surface area contributed by atoms with Crippen molar-refractivity contribution >= 4 is 0 Å². The zero-order valence-corrected chi connectivity index (χ0v) is 13.0. The zero-order chi connectivity index (χ0) is 15.0. The summed E-state index contributed by atoms with van der Waals surface area (Å²) in [6.45, 7) is 10.2. The van der Waals surface area contributed by atoms with Crippen molar-refractivity contribution in [3.63, 3.8) is 0 Å². The summed E-state index contributed by atoms with van der Waals surface area (Å²) in [4.78, 5) is 0. The van der Waals surface area contributed by atoms with E-state index in [9.17, 15) is 5.11 Å². The number of aliphatic hydroxyl groups is 1. The molecule has 1 atom stereocenters. The molecule has 0 aliphatic heterocycles. The number of ether oxygens (including phenoxy) is 2. The van der Waals surface area contributed by atoms with Crippen LogP contribution in [0.1, 0.15) is 25.0 Å². The summed E-state index contributed by atoms with van der Waals surface area (Å²) >= 11 is 0. The molecule has 0 saturated heterocycles. The lowest BCUT2D eigenvalue weighted by atomic mass is 10.1. The molecular formula is C16H27NO3. The predicted molar refractivity (Wildman–Crippen MR) is 81.4 cm³/mol. The van der Waals surface area contributed by atoms with Crippen LogP contribution in [0.25, 0.3) is 0 Å². The van der Waals surface area contributed by atoms with Gasteiger partial charge in [-0.25, -0.2) is 0 Å². The lowest BCUT2D eigenvalue weighted by Crippen LogP contribution is -2.33. The first-order valence-electron chi connectivity index (χ1n) is 7.20. The van der Waals surface area contributed by atoms with Gasteiger partial charge in [0.25, 0.3) is 0 Å². The van der Waals surface area contributed by atoms with Gasteiger partial charge in [0.2, 0.25) is 0 Å². The molecule has 0 aromatic heterocycles. The molecule has 4 nitrogen and oxygen atoms in total. The Kier molecular flexibility index (Phi) is 7.59. The van der Waals surface area contributed by atoms with Crippen molar-refractivity contribution in [3.8, 4) is 5.75 Å². The molecule has 114 valence electrons. The highest BCUT2D eigenvalue weighted by atomic mass is 16.5. The third-order valence-electron chi connectivity index (χ3n) is 2.94.